The zero-order chi connectivity index (χ0) is 12.7. The van der Waals surface area contributed by atoms with Crippen molar-refractivity contribution in [3.05, 3.63) is 35.9 Å². The zero-order valence-electron chi connectivity index (χ0n) is 9.76. The van der Waals surface area contributed by atoms with Gasteiger partial charge in [0.25, 0.3) is 0 Å². The van der Waals surface area contributed by atoms with E-state index in [1.54, 1.807) is 6.92 Å². The Hall–Kier alpha value is -1.38. The van der Waals surface area contributed by atoms with E-state index in [1.165, 1.54) is 0 Å². The molecule has 5 heteroatoms. The summed E-state index contributed by atoms with van der Waals surface area (Å²) in [6.07, 6.45) is 0.483. The van der Waals surface area contributed by atoms with Gasteiger partial charge in [-0.25, -0.2) is 13.1 Å². The Balaban J connectivity index is 2.43. The van der Waals surface area contributed by atoms with Gasteiger partial charge in [-0.2, -0.15) is 5.26 Å². The van der Waals surface area contributed by atoms with Crippen molar-refractivity contribution in [2.24, 2.45) is 5.92 Å². The highest BCUT2D eigenvalue weighted by atomic mass is 32.2. The number of nitriles is 1. The lowest BCUT2D eigenvalue weighted by atomic mass is 10.2. The van der Waals surface area contributed by atoms with Crippen LogP contribution in [-0.4, -0.2) is 20.7 Å². The first-order valence-corrected chi connectivity index (χ1v) is 7.09. The fourth-order valence-corrected chi connectivity index (χ4v) is 2.42. The minimum absolute atomic E-state index is 0.0508. The van der Waals surface area contributed by atoms with Gasteiger partial charge in [-0.15, -0.1) is 0 Å². The molecule has 4 nitrogen and oxygen atoms in total. The van der Waals surface area contributed by atoms with Crippen LogP contribution in [0.3, 0.4) is 0 Å². The Labute approximate surface area is 102 Å². The number of hydrogen-bond acceptors (Lipinski definition) is 3. The van der Waals surface area contributed by atoms with E-state index < -0.39 is 10.0 Å². The van der Waals surface area contributed by atoms with Crippen molar-refractivity contribution in [2.75, 3.05) is 12.3 Å². The van der Waals surface area contributed by atoms with Gasteiger partial charge in [0.15, 0.2) is 0 Å². The number of nitrogens with one attached hydrogen (secondary N) is 1. The average Bonchev–Trinajstić information content (AvgIpc) is 2.35. The van der Waals surface area contributed by atoms with Crippen molar-refractivity contribution in [1.29, 1.82) is 5.26 Å². The number of sulfonamides is 1. The molecule has 0 radical (unpaired) electrons. The molecule has 0 heterocycles. The zero-order valence-corrected chi connectivity index (χ0v) is 10.6. The van der Waals surface area contributed by atoms with Gasteiger partial charge in [0, 0.05) is 6.54 Å². The van der Waals surface area contributed by atoms with E-state index >= 15 is 0 Å². The molecule has 1 atom stereocenters. The molecule has 0 aromatic heterocycles. The van der Waals surface area contributed by atoms with Gasteiger partial charge < -0.3 is 0 Å². The Morgan fingerprint density at radius 1 is 1.35 bits per heavy atom. The van der Waals surface area contributed by atoms with Gasteiger partial charge in [0.1, 0.15) is 0 Å². The lowest BCUT2D eigenvalue weighted by Gasteiger charge is -2.07. The molecule has 92 valence electrons. The van der Waals surface area contributed by atoms with Crippen LogP contribution in [-0.2, 0) is 16.4 Å². The fraction of sp³-hybridized carbons (Fsp3) is 0.417. The second-order valence-electron chi connectivity index (χ2n) is 3.93. The molecular formula is C12H16N2O2S. The molecule has 0 saturated heterocycles. The fourth-order valence-electron chi connectivity index (χ4n) is 1.27. The highest BCUT2D eigenvalue weighted by molar-refractivity contribution is 7.89. The summed E-state index contributed by atoms with van der Waals surface area (Å²) in [5.41, 5.74) is 0.992. The molecule has 1 unspecified atom stereocenters. The number of nitrogens with zero attached hydrogens (tertiary/aromatic N) is 1. The summed E-state index contributed by atoms with van der Waals surface area (Å²) >= 11 is 0. The van der Waals surface area contributed by atoms with Crippen LogP contribution in [0.4, 0.5) is 0 Å². The largest absolute Gasteiger partial charge is 0.214 e. The Morgan fingerprint density at radius 2 is 2.00 bits per heavy atom. The molecule has 1 rings (SSSR count). The van der Waals surface area contributed by atoms with Crippen LogP contribution in [0, 0.1) is 17.2 Å². The third-order valence-electron chi connectivity index (χ3n) is 2.33. The third kappa shape index (κ3) is 5.48. The first-order valence-electron chi connectivity index (χ1n) is 5.44. The van der Waals surface area contributed by atoms with Crippen molar-refractivity contribution < 1.29 is 8.42 Å². The van der Waals surface area contributed by atoms with E-state index in [1.807, 2.05) is 36.4 Å². The second-order valence-corrected chi connectivity index (χ2v) is 5.86. The summed E-state index contributed by atoms with van der Waals surface area (Å²) in [6, 6.07) is 11.4. The van der Waals surface area contributed by atoms with Crippen molar-refractivity contribution >= 4 is 10.0 Å². The van der Waals surface area contributed by atoms with Gasteiger partial charge in [-0.3, -0.25) is 0 Å². The molecule has 0 aliphatic heterocycles. The van der Waals surface area contributed by atoms with Gasteiger partial charge in [0.05, 0.1) is 17.7 Å². The average molecular weight is 252 g/mol. The quantitative estimate of drug-likeness (QED) is 0.829. The summed E-state index contributed by atoms with van der Waals surface area (Å²) in [6.45, 7) is 1.85. The Morgan fingerprint density at radius 3 is 2.59 bits per heavy atom. The standard InChI is InChI=1S/C12H16N2O2S/c1-11(9-13)10-14-17(15,16)8-7-12-5-3-2-4-6-12/h2-6,11,14H,7-8,10H2,1H3. The van der Waals surface area contributed by atoms with Crippen LogP contribution in [0.2, 0.25) is 0 Å². The van der Waals surface area contributed by atoms with Crippen molar-refractivity contribution in [1.82, 2.24) is 4.72 Å². The molecule has 0 spiro atoms. The highest BCUT2D eigenvalue weighted by Crippen LogP contribution is 2.01. The van der Waals surface area contributed by atoms with Crippen molar-refractivity contribution in [3.8, 4) is 6.07 Å². The normalized spacial score (nSPS) is 12.9. The van der Waals surface area contributed by atoms with Crippen LogP contribution in [0.25, 0.3) is 0 Å². The molecule has 1 aromatic rings. The number of hydrogen-bond donors (Lipinski definition) is 1. The van der Waals surface area contributed by atoms with E-state index in [9.17, 15) is 8.42 Å². The van der Waals surface area contributed by atoms with Crippen LogP contribution < -0.4 is 4.72 Å². The smallest absolute Gasteiger partial charge is 0.211 e. The maximum atomic E-state index is 11.6. The summed E-state index contributed by atoms with van der Waals surface area (Å²) in [7, 11) is -3.29. The van der Waals surface area contributed by atoms with E-state index in [0.717, 1.165) is 5.56 Å². The predicted molar refractivity (Wildman–Crippen MR) is 66.7 cm³/mol. The maximum Gasteiger partial charge on any atom is 0.211 e. The Kier molecular flexibility index (Phi) is 5.13. The maximum absolute atomic E-state index is 11.6. The molecular weight excluding hydrogens is 236 g/mol. The van der Waals surface area contributed by atoms with Crippen LogP contribution in [0.5, 0.6) is 0 Å². The summed E-state index contributed by atoms with van der Waals surface area (Å²) in [5, 5.41) is 8.55. The van der Waals surface area contributed by atoms with Gasteiger partial charge >= 0.3 is 0 Å². The summed E-state index contributed by atoms with van der Waals surface area (Å²) in [5.74, 6) is -0.253. The molecule has 0 aliphatic rings. The number of rotatable bonds is 6. The topological polar surface area (TPSA) is 70.0 Å². The molecule has 17 heavy (non-hydrogen) atoms. The SMILES string of the molecule is CC(C#N)CNS(=O)(=O)CCc1ccccc1. The van der Waals surface area contributed by atoms with E-state index in [2.05, 4.69) is 4.72 Å². The highest BCUT2D eigenvalue weighted by Gasteiger charge is 2.11. The van der Waals surface area contributed by atoms with Gasteiger partial charge in [-0.1, -0.05) is 30.3 Å². The first kappa shape index (κ1) is 13.7. The van der Waals surface area contributed by atoms with Gasteiger partial charge in [-0.05, 0) is 18.9 Å². The van der Waals surface area contributed by atoms with Crippen LogP contribution in [0.15, 0.2) is 30.3 Å². The van der Waals surface area contributed by atoms with E-state index in [0.29, 0.717) is 6.42 Å². The third-order valence-corrected chi connectivity index (χ3v) is 3.68. The monoisotopic (exact) mass is 252 g/mol. The molecule has 0 saturated carbocycles. The Bertz CT molecular complexity index is 477. The molecule has 1 N–H and O–H groups in total. The lowest BCUT2D eigenvalue weighted by molar-refractivity contribution is 0.572. The summed E-state index contributed by atoms with van der Waals surface area (Å²) < 4.78 is 25.6. The molecule has 0 fully saturated rings. The first-order chi connectivity index (χ1) is 8.03. The summed E-state index contributed by atoms with van der Waals surface area (Å²) in [4.78, 5) is 0. The van der Waals surface area contributed by atoms with Crippen LogP contribution >= 0.6 is 0 Å². The molecule has 0 bridgehead atoms. The van der Waals surface area contributed by atoms with Gasteiger partial charge in [0.2, 0.25) is 10.0 Å². The van der Waals surface area contributed by atoms with Crippen LogP contribution in [0.1, 0.15) is 12.5 Å². The predicted octanol–water partition coefficient (Wildman–Crippen LogP) is 1.31. The van der Waals surface area contributed by atoms with E-state index in [4.69, 9.17) is 5.26 Å². The van der Waals surface area contributed by atoms with E-state index in [-0.39, 0.29) is 18.2 Å². The molecule has 0 aliphatic carbocycles. The number of benzene rings is 1. The minimum Gasteiger partial charge on any atom is -0.214 e. The van der Waals surface area contributed by atoms with Crippen molar-refractivity contribution in [3.63, 3.8) is 0 Å². The lowest BCUT2D eigenvalue weighted by Crippen LogP contribution is -2.30. The molecule has 1 aromatic carbocycles. The minimum atomic E-state index is -3.29. The molecule has 0 amide bonds. The van der Waals surface area contributed by atoms with Crippen molar-refractivity contribution in [2.45, 2.75) is 13.3 Å². The number of aryl methyl sites for hydroxylation is 1. The second kappa shape index (κ2) is 6.38.